The first-order valence-corrected chi connectivity index (χ1v) is 6.00. The van der Waals surface area contributed by atoms with Crippen molar-refractivity contribution in [1.29, 1.82) is 0 Å². The second-order valence-corrected chi connectivity index (χ2v) is 4.05. The molecule has 0 saturated heterocycles. The van der Waals surface area contributed by atoms with Crippen LogP contribution in [0, 0.1) is 5.82 Å². The van der Waals surface area contributed by atoms with E-state index in [-0.39, 0.29) is 18.3 Å². The van der Waals surface area contributed by atoms with Crippen molar-refractivity contribution in [3.05, 3.63) is 54.0 Å². The second kappa shape index (κ2) is 6.63. The van der Waals surface area contributed by atoms with Crippen molar-refractivity contribution in [2.45, 2.75) is 6.54 Å². The number of carbonyl (C=O) groups excluding carboxylic acids is 1. The zero-order valence-corrected chi connectivity index (χ0v) is 10.7. The topological polar surface area (TPSA) is 77.2 Å². The standard InChI is InChI=1S/C14H14FN3O2/c15-11-3-6-13(17-8-11)18-14(19)9-20-12-4-1-10(7-16)2-5-12/h1-6,8H,7,9,16H2,(H,17,18,19). The van der Waals surface area contributed by atoms with E-state index in [9.17, 15) is 9.18 Å². The van der Waals surface area contributed by atoms with Crippen molar-refractivity contribution in [2.24, 2.45) is 5.73 Å². The number of halogens is 1. The van der Waals surface area contributed by atoms with Gasteiger partial charge in [0.15, 0.2) is 6.61 Å². The Morgan fingerprint density at radius 3 is 2.60 bits per heavy atom. The maximum atomic E-state index is 12.6. The summed E-state index contributed by atoms with van der Waals surface area (Å²) in [6.45, 7) is 0.304. The zero-order valence-electron chi connectivity index (χ0n) is 10.7. The maximum Gasteiger partial charge on any atom is 0.263 e. The minimum atomic E-state index is -0.459. The van der Waals surface area contributed by atoms with Crippen molar-refractivity contribution in [3.8, 4) is 5.75 Å². The van der Waals surface area contributed by atoms with E-state index in [1.807, 2.05) is 12.1 Å². The van der Waals surface area contributed by atoms with Crippen LogP contribution in [0.4, 0.5) is 10.2 Å². The van der Waals surface area contributed by atoms with Gasteiger partial charge in [-0.05, 0) is 29.8 Å². The molecule has 0 radical (unpaired) electrons. The quantitative estimate of drug-likeness (QED) is 0.870. The lowest BCUT2D eigenvalue weighted by Crippen LogP contribution is -2.20. The van der Waals surface area contributed by atoms with Crippen LogP contribution in [0.15, 0.2) is 42.6 Å². The van der Waals surface area contributed by atoms with E-state index in [4.69, 9.17) is 10.5 Å². The fraction of sp³-hybridized carbons (Fsp3) is 0.143. The van der Waals surface area contributed by atoms with E-state index < -0.39 is 5.82 Å². The predicted molar refractivity (Wildman–Crippen MR) is 72.7 cm³/mol. The van der Waals surface area contributed by atoms with Crippen LogP contribution in [0.3, 0.4) is 0 Å². The SMILES string of the molecule is NCc1ccc(OCC(=O)Nc2ccc(F)cn2)cc1. The molecule has 2 rings (SSSR count). The van der Waals surface area contributed by atoms with Gasteiger partial charge < -0.3 is 15.8 Å². The summed E-state index contributed by atoms with van der Waals surface area (Å²) in [5.41, 5.74) is 6.46. The Kier molecular flexibility index (Phi) is 4.62. The highest BCUT2D eigenvalue weighted by Gasteiger charge is 2.04. The number of nitrogens with two attached hydrogens (primary N) is 1. The summed E-state index contributed by atoms with van der Waals surface area (Å²) in [5, 5.41) is 2.50. The first-order valence-electron chi connectivity index (χ1n) is 6.00. The summed E-state index contributed by atoms with van der Waals surface area (Å²) in [6, 6.07) is 9.74. The summed E-state index contributed by atoms with van der Waals surface area (Å²) in [6.07, 6.45) is 1.03. The highest BCUT2D eigenvalue weighted by molar-refractivity contribution is 5.90. The summed E-state index contributed by atoms with van der Waals surface area (Å²) in [5.74, 6) is 0.0224. The average molecular weight is 275 g/mol. The maximum absolute atomic E-state index is 12.6. The molecule has 6 heteroatoms. The highest BCUT2D eigenvalue weighted by atomic mass is 19.1. The molecule has 1 heterocycles. The monoisotopic (exact) mass is 275 g/mol. The number of pyridine rings is 1. The molecule has 0 fully saturated rings. The molecule has 0 bridgehead atoms. The fourth-order valence-corrected chi connectivity index (χ4v) is 1.50. The molecule has 1 amide bonds. The van der Waals surface area contributed by atoms with Crippen LogP contribution in [0.25, 0.3) is 0 Å². The van der Waals surface area contributed by atoms with Gasteiger partial charge in [0.25, 0.3) is 5.91 Å². The first kappa shape index (κ1) is 14.0. The Bertz CT molecular complexity index is 570. The minimum Gasteiger partial charge on any atom is -0.484 e. The van der Waals surface area contributed by atoms with Gasteiger partial charge in [0.2, 0.25) is 0 Å². The predicted octanol–water partition coefficient (Wildman–Crippen LogP) is 1.70. The van der Waals surface area contributed by atoms with Gasteiger partial charge >= 0.3 is 0 Å². The molecule has 0 unspecified atom stereocenters. The Morgan fingerprint density at radius 1 is 1.25 bits per heavy atom. The van der Waals surface area contributed by atoms with E-state index in [2.05, 4.69) is 10.3 Å². The number of benzene rings is 1. The van der Waals surface area contributed by atoms with E-state index in [1.54, 1.807) is 12.1 Å². The Labute approximate surface area is 115 Å². The molecule has 0 aliphatic carbocycles. The zero-order chi connectivity index (χ0) is 14.4. The van der Waals surface area contributed by atoms with Gasteiger partial charge in [0.05, 0.1) is 6.20 Å². The molecular weight excluding hydrogens is 261 g/mol. The van der Waals surface area contributed by atoms with Gasteiger partial charge in [-0.25, -0.2) is 9.37 Å². The van der Waals surface area contributed by atoms with Gasteiger partial charge in [0, 0.05) is 6.54 Å². The van der Waals surface area contributed by atoms with Gasteiger partial charge in [-0.3, -0.25) is 4.79 Å². The van der Waals surface area contributed by atoms with Crippen molar-refractivity contribution in [1.82, 2.24) is 4.98 Å². The van der Waals surface area contributed by atoms with Crippen LogP contribution in [0.5, 0.6) is 5.75 Å². The summed E-state index contributed by atoms with van der Waals surface area (Å²) in [4.78, 5) is 15.3. The average Bonchev–Trinajstić information content (AvgIpc) is 2.48. The number of rotatable bonds is 5. The van der Waals surface area contributed by atoms with Crippen LogP contribution >= 0.6 is 0 Å². The molecule has 3 N–H and O–H groups in total. The van der Waals surface area contributed by atoms with Gasteiger partial charge in [-0.1, -0.05) is 12.1 Å². The Balaban J connectivity index is 1.83. The third-order valence-corrected chi connectivity index (χ3v) is 2.52. The number of hydrogen-bond donors (Lipinski definition) is 2. The van der Waals surface area contributed by atoms with Gasteiger partial charge in [-0.15, -0.1) is 0 Å². The molecule has 0 saturated carbocycles. The van der Waals surface area contributed by atoms with Crippen LogP contribution < -0.4 is 15.8 Å². The normalized spacial score (nSPS) is 10.1. The van der Waals surface area contributed by atoms with Crippen molar-refractivity contribution >= 4 is 11.7 Å². The lowest BCUT2D eigenvalue weighted by molar-refractivity contribution is -0.118. The summed E-state index contributed by atoms with van der Waals surface area (Å²) in [7, 11) is 0. The van der Waals surface area contributed by atoms with E-state index in [1.165, 1.54) is 12.1 Å². The third-order valence-electron chi connectivity index (χ3n) is 2.52. The lowest BCUT2D eigenvalue weighted by atomic mass is 10.2. The van der Waals surface area contributed by atoms with Crippen molar-refractivity contribution < 1.29 is 13.9 Å². The van der Waals surface area contributed by atoms with Crippen LogP contribution in [0.1, 0.15) is 5.56 Å². The number of aromatic nitrogens is 1. The number of ether oxygens (including phenoxy) is 1. The Hall–Kier alpha value is -2.47. The number of nitrogens with zero attached hydrogens (tertiary/aromatic N) is 1. The number of hydrogen-bond acceptors (Lipinski definition) is 4. The fourth-order valence-electron chi connectivity index (χ4n) is 1.50. The Morgan fingerprint density at radius 2 is 2.00 bits per heavy atom. The summed E-state index contributed by atoms with van der Waals surface area (Å²) >= 11 is 0. The molecular formula is C14H14FN3O2. The molecule has 0 spiro atoms. The van der Waals surface area contributed by atoms with Gasteiger partial charge in [-0.2, -0.15) is 0 Å². The van der Waals surface area contributed by atoms with Gasteiger partial charge in [0.1, 0.15) is 17.4 Å². The van der Waals surface area contributed by atoms with E-state index >= 15 is 0 Å². The molecule has 20 heavy (non-hydrogen) atoms. The molecule has 2 aromatic rings. The van der Waals surface area contributed by atoms with Crippen molar-refractivity contribution in [2.75, 3.05) is 11.9 Å². The number of carbonyl (C=O) groups is 1. The molecule has 1 aromatic heterocycles. The molecule has 1 aromatic carbocycles. The molecule has 104 valence electrons. The highest BCUT2D eigenvalue weighted by Crippen LogP contribution is 2.12. The molecule has 0 aliphatic heterocycles. The molecule has 0 atom stereocenters. The van der Waals surface area contributed by atoms with E-state index in [0.717, 1.165) is 11.8 Å². The van der Waals surface area contributed by atoms with Crippen molar-refractivity contribution in [3.63, 3.8) is 0 Å². The molecule has 0 aliphatic rings. The van der Waals surface area contributed by atoms with Crippen LogP contribution in [0.2, 0.25) is 0 Å². The number of anilines is 1. The first-order chi connectivity index (χ1) is 9.67. The van der Waals surface area contributed by atoms with E-state index in [0.29, 0.717) is 12.3 Å². The lowest BCUT2D eigenvalue weighted by Gasteiger charge is -2.07. The third kappa shape index (κ3) is 4.03. The number of nitrogens with one attached hydrogen (secondary N) is 1. The minimum absolute atomic E-state index is 0.152. The largest absolute Gasteiger partial charge is 0.484 e. The molecule has 5 nitrogen and oxygen atoms in total. The summed E-state index contributed by atoms with van der Waals surface area (Å²) < 4.78 is 18.0. The smallest absolute Gasteiger partial charge is 0.263 e. The van der Waals surface area contributed by atoms with Crippen LogP contribution in [-0.2, 0) is 11.3 Å². The second-order valence-electron chi connectivity index (χ2n) is 4.05. The number of amides is 1. The van der Waals surface area contributed by atoms with Crippen LogP contribution in [-0.4, -0.2) is 17.5 Å².